The Morgan fingerprint density at radius 2 is 2.03 bits per heavy atom. The number of benzene rings is 2. The number of rotatable bonds is 6. The van der Waals surface area contributed by atoms with E-state index in [2.05, 4.69) is 22.5 Å². The first-order valence-electron chi connectivity index (χ1n) is 9.39. The van der Waals surface area contributed by atoms with E-state index in [1.807, 2.05) is 42.1 Å². The lowest BCUT2D eigenvalue weighted by atomic mass is 10.1. The van der Waals surface area contributed by atoms with E-state index in [-0.39, 0.29) is 5.91 Å². The van der Waals surface area contributed by atoms with E-state index in [1.54, 1.807) is 26.0 Å². The lowest BCUT2D eigenvalue weighted by Gasteiger charge is -2.17. The first kappa shape index (κ1) is 19.4. The Labute approximate surface area is 174 Å². The Hall–Kier alpha value is -2.93. The minimum atomic E-state index is -0.144. The third-order valence-electron chi connectivity index (χ3n) is 5.05. The highest BCUT2D eigenvalue weighted by molar-refractivity contribution is 7.98. The smallest absolute Gasteiger partial charge is 0.272 e. The van der Waals surface area contributed by atoms with Crippen LogP contribution in [-0.4, -0.2) is 36.5 Å². The van der Waals surface area contributed by atoms with Crippen molar-refractivity contribution in [3.8, 4) is 22.8 Å². The summed E-state index contributed by atoms with van der Waals surface area (Å²) < 4.78 is 12.5. The molecule has 1 N–H and O–H groups in total. The number of aryl methyl sites for hydroxylation is 1. The summed E-state index contributed by atoms with van der Waals surface area (Å²) in [5.41, 5.74) is 4.68. The van der Waals surface area contributed by atoms with Crippen molar-refractivity contribution in [1.82, 2.24) is 15.1 Å². The van der Waals surface area contributed by atoms with Crippen LogP contribution in [0, 0.1) is 0 Å². The van der Waals surface area contributed by atoms with Gasteiger partial charge in [-0.3, -0.25) is 9.48 Å². The lowest BCUT2D eigenvalue weighted by Crippen LogP contribution is -2.27. The molecule has 0 fully saturated rings. The average Bonchev–Trinajstić information content (AvgIpc) is 3.11. The molecular formula is C22H23N3O3S. The van der Waals surface area contributed by atoms with Crippen molar-refractivity contribution in [2.24, 2.45) is 7.05 Å². The molecule has 6 nitrogen and oxygen atoms in total. The number of thioether (sulfide) groups is 1. The van der Waals surface area contributed by atoms with Gasteiger partial charge in [0.25, 0.3) is 5.91 Å². The second-order valence-electron chi connectivity index (χ2n) is 6.77. The fourth-order valence-corrected chi connectivity index (χ4v) is 4.68. The molecule has 3 aromatic rings. The van der Waals surface area contributed by atoms with Gasteiger partial charge >= 0.3 is 0 Å². The van der Waals surface area contributed by atoms with Crippen molar-refractivity contribution >= 4 is 17.7 Å². The van der Waals surface area contributed by atoms with Gasteiger partial charge in [-0.1, -0.05) is 24.3 Å². The topological polar surface area (TPSA) is 65.4 Å². The van der Waals surface area contributed by atoms with E-state index in [4.69, 9.17) is 9.47 Å². The number of ether oxygens (including phenoxy) is 2. The summed E-state index contributed by atoms with van der Waals surface area (Å²) >= 11 is 1.74. The number of hydrogen-bond donors (Lipinski definition) is 1. The van der Waals surface area contributed by atoms with Crippen LogP contribution in [-0.2, 0) is 19.2 Å². The second kappa shape index (κ2) is 8.21. The van der Waals surface area contributed by atoms with Crippen LogP contribution in [0.5, 0.6) is 11.5 Å². The molecule has 29 heavy (non-hydrogen) atoms. The Bertz CT molecular complexity index is 1060. The van der Waals surface area contributed by atoms with Crippen molar-refractivity contribution in [3.63, 3.8) is 0 Å². The fourth-order valence-electron chi connectivity index (χ4n) is 3.61. The number of carbonyl (C=O) groups excluding carboxylic acids is 1. The van der Waals surface area contributed by atoms with Crippen molar-refractivity contribution in [2.75, 3.05) is 20.8 Å². The summed E-state index contributed by atoms with van der Waals surface area (Å²) in [5.74, 6) is 2.10. The molecule has 2 heterocycles. The van der Waals surface area contributed by atoms with Crippen LogP contribution in [0.2, 0.25) is 0 Å². The van der Waals surface area contributed by atoms with Gasteiger partial charge in [-0.2, -0.15) is 5.10 Å². The summed E-state index contributed by atoms with van der Waals surface area (Å²) in [6.07, 6.45) is 0.658. The molecule has 1 aliphatic heterocycles. The number of nitrogens with zero attached hydrogens (tertiary/aromatic N) is 2. The first-order valence-corrected chi connectivity index (χ1v) is 10.4. The van der Waals surface area contributed by atoms with Crippen LogP contribution in [0.1, 0.15) is 21.6 Å². The highest BCUT2D eigenvalue weighted by Gasteiger charge is 2.27. The molecule has 7 heteroatoms. The molecule has 1 amide bonds. The van der Waals surface area contributed by atoms with Crippen molar-refractivity contribution in [2.45, 2.75) is 17.1 Å². The van der Waals surface area contributed by atoms with E-state index in [1.165, 1.54) is 4.90 Å². The standard InChI is InChI=1S/C22H23N3O3S/c1-25-21-16-6-4-5-7-19(16)29-13-17(21)20(24-25)22(26)23-11-10-14-8-9-15(27-2)12-18(14)28-3/h4-9,12H,10-11,13H2,1-3H3,(H,23,26). The van der Waals surface area contributed by atoms with Gasteiger partial charge in [-0.15, -0.1) is 11.8 Å². The minimum absolute atomic E-state index is 0.144. The largest absolute Gasteiger partial charge is 0.497 e. The molecule has 0 bridgehead atoms. The van der Waals surface area contributed by atoms with Crippen LogP contribution in [0.3, 0.4) is 0 Å². The quantitative estimate of drug-likeness (QED) is 0.673. The highest BCUT2D eigenvalue weighted by atomic mass is 32.2. The zero-order valence-corrected chi connectivity index (χ0v) is 17.5. The molecule has 0 spiro atoms. The van der Waals surface area contributed by atoms with Gasteiger partial charge in [-0.05, 0) is 24.1 Å². The number of amides is 1. The molecule has 0 saturated heterocycles. The molecular weight excluding hydrogens is 386 g/mol. The Balaban J connectivity index is 1.49. The maximum Gasteiger partial charge on any atom is 0.272 e. The molecule has 0 aliphatic carbocycles. The highest BCUT2D eigenvalue weighted by Crippen LogP contribution is 2.42. The van der Waals surface area contributed by atoms with Crippen molar-refractivity contribution in [1.29, 1.82) is 0 Å². The van der Waals surface area contributed by atoms with Crippen molar-refractivity contribution in [3.05, 3.63) is 59.3 Å². The predicted molar refractivity (Wildman–Crippen MR) is 114 cm³/mol. The number of carbonyl (C=O) groups is 1. The van der Waals surface area contributed by atoms with E-state index in [9.17, 15) is 4.79 Å². The molecule has 0 unspecified atom stereocenters. The third kappa shape index (κ3) is 3.70. The fraction of sp³-hybridized carbons (Fsp3) is 0.273. The third-order valence-corrected chi connectivity index (χ3v) is 6.15. The summed E-state index contributed by atoms with van der Waals surface area (Å²) in [4.78, 5) is 14.1. The first-order chi connectivity index (χ1) is 14.1. The molecule has 0 atom stereocenters. The SMILES string of the molecule is COc1ccc(CCNC(=O)c2nn(C)c3c2CSc2ccccc2-3)c(OC)c1. The van der Waals surface area contributed by atoms with Gasteiger partial charge in [0.15, 0.2) is 5.69 Å². The van der Waals surface area contributed by atoms with Crippen LogP contribution in [0.15, 0.2) is 47.4 Å². The monoisotopic (exact) mass is 409 g/mol. The van der Waals surface area contributed by atoms with Crippen LogP contribution in [0.25, 0.3) is 11.3 Å². The average molecular weight is 410 g/mol. The summed E-state index contributed by atoms with van der Waals surface area (Å²) in [7, 11) is 5.15. The number of hydrogen-bond acceptors (Lipinski definition) is 5. The van der Waals surface area contributed by atoms with Gasteiger partial charge in [0.05, 0.1) is 19.9 Å². The van der Waals surface area contributed by atoms with E-state index in [0.29, 0.717) is 18.7 Å². The second-order valence-corrected chi connectivity index (χ2v) is 7.79. The lowest BCUT2D eigenvalue weighted by molar-refractivity contribution is 0.0947. The number of fused-ring (bicyclic) bond motifs is 3. The Morgan fingerprint density at radius 3 is 2.83 bits per heavy atom. The predicted octanol–water partition coefficient (Wildman–Crippen LogP) is 3.68. The van der Waals surface area contributed by atoms with E-state index >= 15 is 0 Å². The molecule has 1 aliphatic rings. The zero-order chi connectivity index (χ0) is 20.4. The minimum Gasteiger partial charge on any atom is -0.497 e. The number of aromatic nitrogens is 2. The van der Waals surface area contributed by atoms with Gasteiger partial charge < -0.3 is 14.8 Å². The molecule has 150 valence electrons. The van der Waals surface area contributed by atoms with Crippen LogP contribution >= 0.6 is 11.8 Å². The molecule has 0 radical (unpaired) electrons. The summed E-state index contributed by atoms with van der Waals surface area (Å²) in [5, 5.41) is 7.53. The Morgan fingerprint density at radius 1 is 1.21 bits per heavy atom. The van der Waals surface area contributed by atoms with Crippen molar-refractivity contribution < 1.29 is 14.3 Å². The normalized spacial score (nSPS) is 12.1. The van der Waals surface area contributed by atoms with Gasteiger partial charge in [-0.25, -0.2) is 0 Å². The van der Waals surface area contributed by atoms with Gasteiger partial charge in [0, 0.05) is 41.4 Å². The number of methoxy groups -OCH3 is 2. The molecule has 4 rings (SSSR count). The maximum atomic E-state index is 12.8. The van der Waals surface area contributed by atoms with E-state index in [0.717, 1.165) is 39.6 Å². The molecule has 1 aromatic heterocycles. The van der Waals surface area contributed by atoms with Crippen LogP contribution in [0.4, 0.5) is 0 Å². The zero-order valence-electron chi connectivity index (χ0n) is 16.7. The van der Waals surface area contributed by atoms with Gasteiger partial charge in [0.2, 0.25) is 0 Å². The molecule has 2 aromatic carbocycles. The maximum absolute atomic E-state index is 12.8. The van der Waals surface area contributed by atoms with Crippen LogP contribution < -0.4 is 14.8 Å². The van der Waals surface area contributed by atoms with E-state index < -0.39 is 0 Å². The number of nitrogens with one attached hydrogen (secondary N) is 1. The Kier molecular flexibility index (Phi) is 5.49. The van der Waals surface area contributed by atoms with Gasteiger partial charge in [0.1, 0.15) is 11.5 Å². The summed E-state index contributed by atoms with van der Waals surface area (Å²) in [6, 6.07) is 13.9. The summed E-state index contributed by atoms with van der Waals surface area (Å²) in [6.45, 7) is 0.497. The molecule has 0 saturated carbocycles.